The summed E-state index contributed by atoms with van der Waals surface area (Å²) < 4.78 is 0. The predicted octanol–water partition coefficient (Wildman–Crippen LogP) is 2.86. The van der Waals surface area contributed by atoms with E-state index in [2.05, 4.69) is 6.92 Å². The van der Waals surface area contributed by atoms with Crippen LogP contribution in [0.15, 0.2) is 0 Å². The summed E-state index contributed by atoms with van der Waals surface area (Å²) >= 11 is 0. The van der Waals surface area contributed by atoms with E-state index in [-0.39, 0.29) is 6.04 Å². The molecule has 2 nitrogen and oxygen atoms in total. The van der Waals surface area contributed by atoms with E-state index in [0.717, 1.165) is 12.0 Å². The van der Waals surface area contributed by atoms with Crippen LogP contribution in [0.25, 0.3) is 0 Å². The molecular weight excluding hydrogens is 214 g/mol. The molecule has 0 radical (unpaired) electrons. The Morgan fingerprint density at radius 1 is 1.21 bits per heavy atom. The minimum absolute atomic E-state index is 0.285. The van der Waals surface area contributed by atoms with Gasteiger partial charge in [-0.05, 0) is 6.42 Å². The van der Waals surface area contributed by atoms with Gasteiger partial charge in [-0.25, -0.2) is 0 Å². The molecule has 0 amide bonds. The number of carbonyl (C=O) groups excluding carboxylic acids is 1. The standard InChI is InChI=1S/C10H21NOS2/c1-2-3-4-5-6-7-13-14-9-10(11)8-12/h8,10H,2-7,9,11H2,1H3/t10-/m1/s1. The van der Waals surface area contributed by atoms with Crippen molar-refractivity contribution >= 4 is 27.9 Å². The molecule has 0 fully saturated rings. The predicted molar refractivity (Wildman–Crippen MR) is 67.7 cm³/mol. The van der Waals surface area contributed by atoms with Gasteiger partial charge in [0.2, 0.25) is 0 Å². The summed E-state index contributed by atoms with van der Waals surface area (Å²) in [7, 11) is 3.54. The Labute approximate surface area is 95.2 Å². The van der Waals surface area contributed by atoms with Crippen molar-refractivity contribution in [2.45, 2.75) is 45.1 Å². The third-order valence-corrected chi connectivity index (χ3v) is 4.40. The lowest BCUT2D eigenvalue weighted by atomic mass is 10.2. The first-order valence-electron chi connectivity index (χ1n) is 5.26. The van der Waals surface area contributed by atoms with Crippen molar-refractivity contribution in [3.05, 3.63) is 0 Å². The van der Waals surface area contributed by atoms with E-state index >= 15 is 0 Å². The molecule has 14 heavy (non-hydrogen) atoms. The van der Waals surface area contributed by atoms with E-state index in [1.54, 1.807) is 10.8 Å². The van der Waals surface area contributed by atoms with E-state index in [0.29, 0.717) is 0 Å². The molecule has 4 heteroatoms. The zero-order valence-corrected chi connectivity index (χ0v) is 10.5. The van der Waals surface area contributed by atoms with Gasteiger partial charge in [0.05, 0.1) is 6.04 Å². The van der Waals surface area contributed by atoms with Crippen LogP contribution in [0.3, 0.4) is 0 Å². The summed E-state index contributed by atoms with van der Waals surface area (Å²) in [5, 5.41) is 0. The maximum atomic E-state index is 10.2. The van der Waals surface area contributed by atoms with Crippen molar-refractivity contribution in [1.29, 1.82) is 0 Å². The summed E-state index contributed by atoms with van der Waals surface area (Å²) in [4.78, 5) is 10.2. The fourth-order valence-electron chi connectivity index (χ4n) is 0.989. The molecule has 0 rings (SSSR count). The van der Waals surface area contributed by atoms with E-state index < -0.39 is 0 Å². The SMILES string of the molecule is CCCCCCCSSC[C@H](N)C=O. The number of rotatable bonds is 10. The summed E-state index contributed by atoms with van der Waals surface area (Å²) in [6.45, 7) is 2.23. The monoisotopic (exact) mass is 235 g/mol. The molecule has 0 bridgehead atoms. The third-order valence-electron chi connectivity index (χ3n) is 1.85. The fraction of sp³-hybridized carbons (Fsp3) is 0.900. The summed E-state index contributed by atoms with van der Waals surface area (Å²) in [6, 6.07) is -0.285. The highest BCUT2D eigenvalue weighted by atomic mass is 33.1. The maximum absolute atomic E-state index is 10.2. The number of nitrogens with two attached hydrogens (primary N) is 1. The van der Waals surface area contributed by atoms with Crippen molar-refractivity contribution in [1.82, 2.24) is 0 Å². The first-order chi connectivity index (χ1) is 6.81. The van der Waals surface area contributed by atoms with Crippen LogP contribution in [0.2, 0.25) is 0 Å². The smallest absolute Gasteiger partial charge is 0.137 e. The molecule has 0 spiro atoms. The lowest BCUT2D eigenvalue weighted by Crippen LogP contribution is -2.23. The zero-order valence-electron chi connectivity index (χ0n) is 8.91. The van der Waals surface area contributed by atoms with Crippen molar-refractivity contribution in [3.8, 4) is 0 Å². The summed E-state index contributed by atoms with van der Waals surface area (Å²) in [5.41, 5.74) is 5.45. The average Bonchev–Trinajstić information content (AvgIpc) is 2.21. The van der Waals surface area contributed by atoms with Gasteiger partial charge in [0.1, 0.15) is 6.29 Å². The third kappa shape index (κ3) is 10.4. The molecule has 0 aromatic heterocycles. The quantitative estimate of drug-likeness (QED) is 0.359. The van der Waals surface area contributed by atoms with Crippen LogP contribution in [0.5, 0.6) is 0 Å². The second-order valence-corrected chi connectivity index (χ2v) is 5.95. The molecule has 84 valence electrons. The van der Waals surface area contributed by atoms with Crippen molar-refractivity contribution in [2.75, 3.05) is 11.5 Å². The lowest BCUT2D eigenvalue weighted by molar-refractivity contribution is -0.108. The van der Waals surface area contributed by atoms with Crippen LogP contribution in [0, 0.1) is 0 Å². The molecule has 0 saturated heterocycles. The fourth-order valence-corrected chi connectivity index (χ4v) is 3.23. The van der Waals surface area contributed by atoms with Crippen LogP contribution in [-0.2, 0) is 4.79 Å². The van der Waals surface area contributed by atoms with Gasteiger partial charge in [0, 0.05) is 11.5 Å². The second-order valence-electron chi connectivity index (χ2n) is 3.32. The maximum Gasteiger partial charge on any atom is 0.137 e. The Kier molecular flexibility index (Phi) is 11.7. The number of hydrogen-bond donors (Lipinski definition) is 1. The first-order valence-corrected chi connectivity index (χ1v) is 7.75. The van der Waals surface area contributed by atoms with Crippen LogP contribution in [0.1, 0.15) is 39.0 Å². The largest absolute Gasteiger partial charge is 0.321 e. The molecule has 0 saturated carbocycles. The molecule has 0 aliphatic rings. The minimum atomic E-state index is -0.285. The molecule has 0 aliphatic heterocycles. The van der Waals surface area contributed by atoms with Gasteiger partial charge in [0.15, 0.2) is 0 Å². The highest BCUT2D eigenvalue weighted by molar-refractivity contribution is 8.76. The van der Waals surface area contributed by atoms with Gasteiger partial charge < -0.3 is 10.5 Å². The van der Waals surface area contributed by atoms with Gasteiger partial charge in [-0.1, -0.05) is 54.2 Å². The van der Waals surface area contributed by atoms with Crippen LogP contribution < -0.4 is 5.73 Å². The number of carbonyl (C=O) groups is 1. The Balaban J connectivity index is 2.95. The van der Waals surface area contributed by atoms with Crippen LogP contribution in [-0.4, -0.2) is 23.8 Å². The van der Waals surface area contributed by atoms with E-state index in [9.17, 15) is 4.79 Å². The first kappa shape index (κ1) is 14.3. The van der Waals surface area contributed by atoms with Crippen LogP contribution >= 0.6 is 21.6 Å². The van der Waals surface area contributed by atoms with Crippen molar-refractivity contribution < 1.29 is 4.79 Å². The summed E-state index contributed by atoms with van der Waals surface area (Å²) in [5.74, 6) is 1.92. The van der Waals surface area contributed by atoms with E-state index in [1.807, 2.05) is 10.8 Å². The molecule has 2 N–H and O–H groups in total. The Morgan fingerprint density at radius 3 is 2.57 bits per heavy atom. The number of aldehydes is 1. The van der Waals surface area contributed by atoms with E-state index in [4.69, 9.17) is 5.73 Å². The molecule has 0 aromatic carbocycles. The topological polar surface area (TPSA) is 43.1 Å². The second kappa shape index (κ2) is 11.4. The molecule has 0 heterocycles. The molecular formula is C10H21NOS2. The van der Waals surface area contributed by atoms with Crippen molar-refractivity contribution in [2.24, 2.45) is 5.73 Å². The highest BCUT2D eigenvalue weighted by Crippen LogP contribution is 2.23. The Bertz CT molecular complexity index is 133. The van der Waals surface area contributed by atoms with Gasteiger partial charge in [-0.2, -0.15) is 0 Å². The van der Waals surface area contributed by atoms with Gasteiger partial charge in [-0.15, -0.1) is 0 Å². The summed E-state index contributed by atoms with van der Waals surface area (Å²) in [6.07, 6.45) is 7.45. The molecule has 1 atom stereocenters. The Hall–Kier alpha value is 0.330. The lowest BCUT2D eigenvalue weighted by Gasteiger charge is -2.02. The van der Waals surface area contributed by atoms with Gasteiger partial charge in [0.25, 0.3) is 0 Å². The van der Waals surface area contributed by atoms with Gasteiger partial charge >= 0.3 is 0 Å². The van der Waals surface area contributed by atoms with E-state index in [1.165, 1.54) is 37.9 Å². The number of unbranched alkanes of at least 4 members (excludes halogenated alkanes) is 4. The zero-order chi connectivity index (χ0) is 10.6. The van der Waals surface area contributed by atoms with Crippen LogP contribution in [0.4, 0.5) is 0 Å². The minimum Gasteiger partial charge on any atom is -0.321 e. The normalized spacial score (nSPS) is 12.7. The van der Waals surface area contributed by atoms with Gasteiger partial charge in [-0.3, -0.25) is 0 Å². The molecule has 0 aromatic rings. The highest BCUT2D eigenvalue weighted by Gasteiger charge is 1.99. The number of hydrogen-bond acceptors (Lipinski definition) is 4. The molecule has 0 unspecified atom stereocenters. The Morgan fingerprint density at radius 2 is 1.93 bits per heavy atom. The molecule has 0 aliphatic carbocycles. The van der Waals surface area contributed by atoms with Crippen molar-refractivity contribution in [3.63, 3.8) is 0 Å². The average molecular weight is 235 g/mol.